The number of H-pyrrole nitrogens is 1. The summed E-state index contributed by atoms with van der Waals surface area (Å²) in [5.74, 6) is -0.666. The fraction of sp³-hybridized carbons (Fsp3) is 0.455. The molecule has 1 fully saturated rings. The van der Waals surface area contributed by atoms with Gasteiger partial charge in [-0.05, 0) is 12.8 Å². The highest BCUT2D eigenvalue weighted by Crippen LogP contribution is 2.32. The zero-order valence-corrected chi connectivity index (χ0v) is 11.6. The highest BCUT2D eigenvalue weighted by Gasteiger charge is 2.31. The van der Waals surface area contributed by atoms with Gasteiger partial charge in [0.05, 0.1) is 12.4 Å². The van der Waals surface area contributed by atoms with Crippen LogP contribution in [0.2, 0.25) is 0 Å². The maximum absolute atomic E-state index is 13.8. The second-order valence-electron chi connectivity index (χ2n) is 4.64. The molecule has 2 N–H and O–H groups in total. The van der Waals surface area contributed by atoms with Crippen LogP contribution >= 0.6 is 8.25 Å². The standard InChI is InChI=1S/C11H11FN3O5P/c12-7-3-15(10-9(7)11(16)14-5-13-10)8-2-1-6(20-8)4-19-21(17)18/h3,5-6,8H,1-2,4H2,(H-,13,14,16,17,18)/p+1/t6?,8-/m1/s1. The molecule has 3 heterocycles. The fourth-order valence-corrected chi connectivity index (χ4v) is 2.72. The highest BCUT2D eigenvalue weighted by atomic mass is 31.1. The molecular formula is C11H12FN3O5P+. The smallest absolute Gasteiger partial charge is 0.352 e. The number of ether oxygens (including phenoxy) is 1. The molecule has 0 aromatic carbocycles. The number of hydrogen-bond donors (Lipinski definition) is 2. The van der Waals surface area contributed by atoms with Crippen LogP contribution in [0.5, 0.6) is 0 Å². The molecule has 1 aliphatic heterocycles. The van der Waals surface area contributed by atoms with Crippen LogP contribution in [0.15, 0.2) is 17.3 Å². The predicted molar refractivity (Wildman–Crippen MR) is 69.2 cm³/mol. The van der Waals surface area contributed by atoms with Crippen LogP contribution in [0.4, 0.5) is 4.39 Å². The van der Waals surface area contributed by atoms with Crippen molar-refractivity contribution in [3.8, 4) is 0 Å². The van der Waals surface area contributed by atoms with E-state index in [-0.39, 0.29) is 23.7 Å². The lowest BCUT2D eigenvalue weighted by Crippen LogP contribution is -2.15. The third kappa shape index (κ3) is 2.73. The number of hydrogen-bond acceptors (Lipinski definition) is 5. The van der Waals surface area contributed by atoms with Crippen LogP contribution in [-0.2, 0) is 13.8 Å². The van der Waals surface area contributed by atoms with Crippen molar-refractivity contribution in [3.63, 3.8) is 0 Å². The number of rotatable bonds is 4. The molecule has 3 rings (SSSR count). The topological polar surface area (TPSA) is 106 Å². The molecule has 0 amide bonds. The molecule has 2 aromatic rings. The molecule has 0 aliphatic carbocycles. The molecule has 2 aromatic heterocycles. The molecule has 0 radical (unpaired) electrons. The first-order chi connectivity index (χ1) is 10.1. The van der Waals surface area contributed by atoms with Crippen molar-refractivity contribution in [3.05, 3.63) is 28.7 Å². The Labute approximate surface area is 118 Å². The van der Waals surface area contributed by atoms with Crippen molar-refractivity contribution >= 4 is 19.3 Å². The van der Waals surface area contributed by atoms with Crippen molar-refractivity contribution < 1.29 is 23.1 Å². The van der Waals surface area contributed by atoms with Crippen LogP contribution in [0.1, 0.15) is 19.1 Å². The molecule has 10 heteroatoms. The molecule has 112 valence electrons. The van der Waals surface area contributed by atoms with Gasteiger partial charge in [0.15, 0.2) is 11.5 Å². The summed E-state index contributed by atoms with van der Waals surface area (Å²) in [6.07, 6.45) is 2.69. The number of nitrogens with one attached hydrogen (secondary N) is 1. The van der Waals surface area contributed by atoms with E-state index in [1.165, 1.54) is 17.1 Å². The zero-order chi connectivity index (χ0) is 15.0. The highest BCUT2D eigenvalue weighted by molar-refractivity contribution is 7.32. The van der Waals surface area contributed by atoms with Gasteiger partial charge in [0, 0.05) is 10.8 Å². The molecule has 1 aliphatic rings. The van der Waals surface area contributed by atoms with E-state index in [0.29, 0.717) is 12.8 Å². The van der Waals surface area contributed by atoms with E-state index in [1.54, 1.807) is 0 Å². The van der Waals surface area contributed by atoms with Crippen molar-refractivity contribution in [1.82, 2.24) is 14.5 Å². The number of aromatic nitrogens is 3. The first kappa shape index (κ1) is 14.3. The molecule has 3 atom stereocenters. The van der Waals surface area contributed by atoms with Gasteiger partial charge in [0.2, 0.25) is 0 Å². The van der Waals surface area contributed by atoms with E-state index in [4.69, 9.17) is 9.63 Å². The number of nitrogens with zero attached hydrogens (tertiary/aromatic N) is 2. The third-order valence-corrected chi connectivity index (χ3v) is 3.71. The Bertz CT molecular complexity index is 745. The van der Waals surface area contributed by atoms with Crippen molar-refractivity contribution in [2.75, 3.05) is 6.61 Å². The SMILES string of the molecule is O=c1[nH]cnc2c1c(F)cn2[C@H]1CCC(CO[P+](=O)O)O1. The predicted octanol–water partition coefficient (Wildman–Crippen LogP) is 1.21. The van der Waals surface area contributed by atoms with Gasteiger partial charge in [-0.25, -0.2) is 9.37 Å². The van der Waals surface area contributed by atoms with E-state index in [2.05, 4.69) is 14.5 Å². The van der Waals surface area contributed by atoms with Crippen LogP contribution in [0.25, 0.3) is 11.0 Å². The minimum absolute atomic E-state index is 0.0160. The van der Waals surface area contributed by atoms with Gasteiger partial charge in [0.25, 0.3) is 5.56 Å². The summed E-state index contributed by atoms with van der Waals surface area (Å²) < 4.78 is 36.0. The molecule has 1 saturated heterocycles. The summed E-state index contributed by atoms with van der Waals surface area (Å²) in [4.78, 5) is 26.5. The minimum Gasteiger partial charge on any atom is -0.352 e. The van der Waals surface area contributed by atoms with Gasteiger partial charge < -0.3 is 14.3 Å². The summed E-state index contributed by atoms with van der Waals surface area (Å²) in [7, 11) is -2.67. The molecule has 0 saturated carbocycles. The first-order valence-corrected chi connectivity index (χ1v) is 7.37. The van der Waals surface area contributed by atoms with Crippen molar-refractivity contribution in [1.29, 1.82) is 0 Å². The summed E-state index contributed by atoms with van der Waals surface area (Å²) in [5.41, 5.74) is -0.345. The van der Waals surface area contributed by atoms with E-state index in [9.17, 15) is 13.8 Å². The molecule has 0 spiro atoms. The molecular weight excluding hydrogens is 304 g/mol. The molecule has 2 unspecified atom stereocenters. The van der Waals surface area contributed by atoms with E-state index in [0.717, 1.165) is 0 Å². The van der Waals surface area contributed by atoms with Crippen molar-refractivity contribution in [2.24, 2.45) is 0 Å². The maximum atomic E-state index is 13.8. The average Bonchev–Trinajstić information content (AvgIpc) is 3.02. The second-order valence-corrected chi connectivity index (χ2v) is 5.37. The van der Waals surface area contributed by atoms with Gasteiger partial charge in [0.1, 0.15) is 18.2 Å². The van der Waals surface area contributed by atoms with Gasteiger partial charge in [-0.15, -0.1) is 9.42 Å². The average molecular weight is 316 g/mol. The van der Waals surface area contributed by atoms with Crippen molar-refractivity contribution in [2.45, 2.75) is 25.2 Å². The van der Waals surface area contributed by atoms with Gasteiger partial charge in [-0.3, -0.25) is 4.79 Å². The van der Waals surface area contributed by atoms with Gasteiger partial charge in [-0.1, -0.05) is 0 Å². The van der Waals surface area contributed by atoms with Gasteiger partial charge >= 0.3 is 8.25 Å². The van der Waals surface area contributed by atoms with Crippen LogP contribution < -0.4 is 5.56 Å². The fourth-order valence-electron chi connectivity index (χ4n) is 2.43. The normalized spacial score (nSPS) is 22.9. The maximum Gasteiger partial charge on any atom is 0.694 e. The Morgan fingerprint density at radius 3 is 3.19 bits per heavy atom. The quantitative estimate of drug-likeness (QED) is 0.821. The van der Waals surface area contributed by atoms with E-state index in [1.807, 2.05) is 0 Å². The Kier molecular flexibility index (Phi) is 3.81. The van der Waals surface area contributed by atoms with Crippen LogP contribution in [-0.4, -0.2) is 32.1 Å². The summed E-state index contributed by atoms with van der Waals surface area (Å²) in [6, 6.07) is 0. The zero-order valence-electron chi connectivity index (χ0n) is 10.7. The van der Waals surface area contributed by atoms with Crippen LogP contribution in [0, 0.1) is 5.82 Å². The lowest BCUT2D eigenvalue weighted by Gasteiger charge is -2.14. The van der Waals surface area contributed by atoms with E-state index >= 15 is 0 Å². The Morgan fingerprint density at radius 1 is 1.62 bits per heavy atom. The number of halogens is 1. The summed E-state index contributed by atoms with van der Waals surface area (Å²) in [6.45, 7) is -0.0160. The van der Waals surface area contributed by atoms with Crippen LogP contribution in [0.3, 0.4) is 0 Å². The van der Waals surface area contributed by atoms with Gasteiger partial charge in [-0.2, -0.15) is 0 Å². The third-order valence-electron chi connectivity index (χ3n) is 3.34. The lowest BCUT2D eigenvalue weighted by molar-refractivity contribution is -0.0162. The summed E-state index contributed by atoms with van der Waals surface area (Å²) >= 11 is 0. The first-order valence-electron chi connectivity index (χ1n) is 6.24. The number of aromatic amines is 1. The Balaban J connectivity index is 1.84. The largest absolute Gasteiger partial charge is 0.694 e. The lowest BCUT2D eigenvalue weighted by atomic mass is 10.2. The summed E-state index contributed by atoms with van der Waals surface area (Å²) in [5, 5.41) is -0.112. The van der Waals surface area contributed by atoms with E-state index < -0.39 is 25.9 Å². The Morgan fingerprint density at radius 2 is 2.43 bits per heavy atom. The molecule has 8 nitrogen and oxygen atoms in total. The second kappa shape index (κ2) is 5.61. The minimum atomic E-state index is -2.67. The Hall–Kier alpha value is -1.67. The monoisotopic (exact) mass is 316 g/mol. The number of fused-ring (bicyclic) bond motifs is 1. The molecule has 0 bridgehead atoms. The molecule has 21 heavy (non-hydrogen) atoms.